The number of aliphatic hydroxyl groups excluding tert-OH is 1. The normalized spacial score (nSPS) is 26.2. The molecule has 2 bridgehead atoms. The highest BCUT2D eigenvalue weighted by molar-refractivity contribution is 6.39. The SMILES string of the molecule is C=CCNC1=C2CC(C)CC(OC)C(O)C(C)C=C(C)C(OC(N)=O)C(OC)C=CC=C(C)C(=O)NC(=C(c3ccc(F)cc3)C1=O)C2=O. The zero-order valence-electron chi connectivity index (χ0n) is 28.7. The molecule has 0 spiro atoms. The molecule has 6 unspecified atom stereocenters. The Morgan fingerprint density at radius 3 is 2.39 bits per heavy atom. The number of fused-ring (bicyclic) bond motifs is 2. The Morgan fingerprint density at radius 2 is 1.80 bits per heavy atom. The number of hydrogen-bond acceptors (Lipinski definition) is 9. The predicted molar refractivity (Wildman–Crippen MR) is 183 cm³/mol. The van der Waals surface area contributed by atoms with Crippen molar-refractivity contribution in [1.82, 2.24) is 10.6 Å². The summed E-state index contributed by atoms with van der Waals surface area (Å²) in [6, 6.07) is 5.06. The van der Waals surface area contributed by atoms with Crippen molar-refractivity contribution < 1.29 is 42.9 Å². The fraction of sp³-hybridized carbons (Fsp3) is 0.405. The number of carbonyl (C=O) groups excluding carboxylic acids is 4. The maximum Gasteiger partial charge on any atom is 0.405 e. The summed E-state index contributed by atoms with van der Waals surface area (Å²) in [6.07, 6.45) is 3.69. The smallest absolute Gasteiger partial charge is 0.405 e. The van der Waals surface area contributed by atoms with Crippen molar-refractivity contribution >= 4 is 29.1 Å². The molecule has 12 heteroatoms. The molecule has 0 saturated heterocycles. The minimum Gasteiger partial charge on any atom is -0.439 e. The molecular weight excluding hydrogens is 633 g/mol. The van der Waals surface area contributed by atoms with Gasteiger partial charge in [-0.1, -0.05) is 56.4 Å². The Balaban J connectivity index is 2.24. The predicted octanol–water partition coefficient (Wildman–Crippen LogP) is 4.20. The van der Waals surface area contributed by atoms with Gasteiger partial charge in [-0.3, -0.25) is 14.4 Å². The second-order valence-corrected chi connectivity index (χ2v) is 12.3. The minimum absolute atomic E-state index is 0.0442. The van der Waals surface area contributed by atoms with E-state index >= 15 is 0 Å². The van der Waals surface area contributed by atoms with Crippen molar-refractivity contribution in [3.8, 4) is 0 Å². The fourth-order valence-corrected chi connectivity index (χ4v) is 5.92. The number of carbonyl (C=O) groups is 4. The van der Waals surface area contributed by atoms with Crippen LogP contribution in [0.3, 0.4) is 0 Å². The Labute approximate surface area is 286 Å². The fourth-order valence-electron chi connectivity index (χ4n) is 5.92. The van der Waals surface area contributed by atoms with Crippen LogP contribution in [0.2, 0.25) is 0 Å². The minimum atomic E-state index is -1.03. The number of aliphatic hydroxyl groups is 1. The monoisotopic (exact) mass is 679 g/mol. The highest BCUT2D eigenvalue weighted by Crippen LogP contribution is 2.34. The molecule has 0 fully saturated rings. The van der Waals surface area contributed by atoms with Gasteiger partial charge in [-0.05, 0) is 55.9 Å². The molecule has 1 aliphatic carbocycles. The third-order valence-electron chi connectivity index (χ3n) is 8.50. The number of benzene rings is 1. The van der Waals surface area contributed by atoms with Crippen molar-refractivity contribution in [3.63, 3.8) is 0 Å². The zero-order chi connectivity index (χ0) is 36.4. The number of methoxy groups -OCH3 is 2. The van der Waals surface area contributed by atoms with E-state index in [9.17, 15) is 28.7 Å². The number of ketones is 2. The van der Waals surface area contributed by atoms with Crippen molar-refractivity contribution in [1.29, 1.82) is 0 Å². The van der Waals surface area contributed by atoms with Gasteiger partial charge in [-0.25, -0.2) is 9.18 Å². The summed E-state index contributed by atoms with van der Waals surface area (Å²) < 4.78 is 30.6. The number of nitrogens with one attached hydrogen (secondary N) is 2. The quantitative estimate of drug-likeness (QED) is 0.244. The molecule has 11 nitrogen and oxygen atoms in total. The number of ether oxygens (including phenoxy) is 3. The number of Topliss-reactive ketones (excluding diaryl/α,β-unsaturated/α-hetero) is 2. The van der Waals surface area contributed by atoms with E-state index in [-0.39, 0.29) is 59.0 Å². The van der Waals surface area contributed by atoms with Crippen LogP contribution in [0.1, 0.15) is 46.1 Å². The molecule has 3 rings (SSSR count). The summed E-state index contributed by atoms with van der Waals surface area (Å²) in [7, 11) is 2.88. The lowest BCUT2D eigenvalue weighted by molar-refractivity contribution is -0.120. The molecule has 2 aliphatic rings. The Morgan fingerprint density at radius 1 is 1.12 bits per heavy atom. The summed E-state index contributed by atoms with van der Waals surface area (Å²) in [4.78, 5) is 53.9. The van der Waals surface area contributed by atoms with Crippen molar-refractivity contribution in [2.75, 3.05) is 20.8 Å². The van der Waals surface area contributed by atoms with Gasteiger partial charge in [0.25, 0.3) is 5.91 Å². The molecule has 264 valence electrons. The van der Waals surface area contributed by atoms with Gasteiger partial charge >= 0.3 is 6.09 Å². The first kappa shape index (κ1) is 38.8. The van der Waals surface area contributed by atoms with Gasteiger partial charge in [-0.2, -0.15) is 0 Å². The molecule has 0 aromatic heterocycles. The van der Waals surface area contributed by atoms with Gasteiger partial charge in [-0.15, -0.1) is 6.58 Å². The van der Waals surface area contributed by atoms with Crippen LogP contribution in [0, 0.1) is 17.7 Å². The maximum atomic E-state index is 14.3. The molecular formula is C37H46FN3O8. The molecule has 0 saturated carbocycles. The third kappa shape index (κ3) is 9.71. The topological polar surface area (TPSA) is 166 Å². The number of halogens is 1. The van der Waals surface area contributed by atoms with E-state index in [0.29, 0.717) is 5.57 Å². The zero-order valence-corrected chi connectivity index (χ0v) is 28.7. The number of nitrogens with two attached hydrogens (primary N) is 1. The average molecular weight is 680 g/mol. The van der Waals surface area contributed by atoms with Crippen LogP contribution in [-0.2, 0) is 28.6 Å². The number of primary amides is 1. The molecule has 0 radical (unpaired) electrons. The van der Waals surface area contributed by atoms with E-state index < -0.39 is 59.7 Å². The van der Waals surface area contributed by atoms with Gasteiger partial charge in [0.05, 0.1) is 23.5 Å². The average Bonchev–Trinajstić information content (AvgIpc) is 3.06. The third-order valence-corrected chi connectivity index (χ3v) is 8.50. The van der Waals surface area contributed by atoms with Gasteiger partial charge in [0, 0.05) is 37.8 Å². The molecule has 1 heterocycles. The van der Waals surface area contributed by atoms with Gasteiger partial charge < -0.3 is 35.7 Å². The first-order valence-electron chi connectivity index (χ1n) is 16.0. The number of rotatable bonds is 7. The van der Waals surface area contributed by atoms with Crippen LogP contribution in [0.15, 0.2) is 89.3 Å². The van der Waals surface area contributed by atoms with Crippen LogP contribution in [-0.4, -0.2) is 73.9 Å². The Bertz CT molecular complexity index is 1590. The lowest BCUT2D eigenvalue weighted by atomic mass is 9.81. The number of hydrogen-bond donors (Lipinski definition) is 4. The first-order valence-corrected chi connectivity index (χ1v) is 16.0. The molecule has 2 amide bonds. The second-order valence-electron chi connectivity index (χ2n) is 12.3. The number of amides is 2. The van der Waals surface area contributed by atoms with E-state index in [4.69, 9.17) is 19.9 Å². The Hall–Kier alpha value is -4.65. The molecule has 1 aliphatic heterocycles. The highest BCUT2D eigenvalue weighted by Gasteiger charge is 2.38. The van der Waals surface area contributed by atoms with E-state index in [1.165, 1.54) is 45.4 Å². The molecule has 49 heavy (non-hydrogen) atoms. The highest BCUT2D eigenvalue weighted by atomic mass is 19.1. The summed E-state index contributed by atoms with van der Waals surface area (Å²) in [6.45, 7) is 10.8. The van der Waals surface area contributed by atoms with Crippen LogP contribution < -0.4 is 16.4 Å². The summed E-state index contributed by atoms with van der Waals surface area (Å²) in [5.74, 6) is -3.14. The molecule has 5 N–H and O–H groups in total. The van der Waals surface area contributed by atoms with E-state index in [1.54, 1.807) is 32.1 Å². The Kier molecular flexibility index (Phi) is 14.0. The molecule has 1 aromatic carbocycles. The second kappa shape index (κ2) is 17.7. The molecule has 6 atom stereocenters. The molecule has 1 aromatic rings. The van der Waals surface area contributed by atoms with Gasteiger partial charge in [0.15, 0.2) is 6.10 Å². The van der Waals surface area contributed by atoms with Gasteiger partial charge in [0.1, 0.15) is 17.6 Å². The first-order chi connectivity index (χ1) is 23.2. The summed E-state index contributed by atoms with van der Waals surface area (Å²) in [5, 5.41) is 17.0. The van der Waals surface area contributed by atoms with Crippen LogP contribution in [0.4, 0.5) is 9.18 Å². The standard InChI is InChI=1S/C37H46FN3O8/c1-8-16-40-30-26-17-20(2)18-28(48-7)32(42)22(4)19-23(5)35(49-37(39)46)27(47-6)11-9-10-21(3)36(45)41-31(33(26)43)29(34(30)44)24-12-14-25(38)15-13-24/h8-15,19-20,22,27-28,32,35,40,42H,1,16-18H2,2-7H3,(H2,39,46)(H,41,45). The van der Waals surface area contributed by atoms with Gasteiger partial charge in [0.2, 0.25) is 11.6 Å². The van der Waals surface area contributed by atoms with Crippen molar-refractivity contribution in [2.45, 2.75) is 65.0 Å². The lowest BCUT2D eigenvalue weighted by Gasteiger charge is -2.30. The van der Waals surface area contributed by atoms with E-state index in [0.717, 1.165) is 12.1 Å². The van der Waals surface area contributed by atoms with Crippen molar-refractivity contribution in [3.05, 3.63) is 101 Å². The summed E-state index contributed by atoms with van der Waals surface area (Å²) >= 11 is 0. The van der Waals surface area contributed by atoms with Crippen LogP contribution in [0.25, 0.3) is 5.57 Å². The number of allylic oxidation sites excluding steroid dienone is 4. The lowest BCUT2D eigenvalue weighted by Crippen LogP contribution is -2.39. The summed E-state index contributed by atoms with van der Waals surface area (Å²) in [5.41, 5.74) is 6.19. The largest absolute Gasteiger partial charge is 0.439 e. The van der Waals surface area contributed by atoms with Crippen molar-refractivity contribution in [2.24, 2.45) is 17.6 Å². The van der Waals surface area contributed by atoms with E-state index in [2.05, 4.69) is 17.2 Å². The maximum absolute atomic E-state index is 14.3. The van der Waals surface area contributed by atoms with E-state index in [1.807, 2.05) is 6.92 Å². The van der Waals surface area contributed by atoms with Crippen LogP contribution >= 0.6 is 0 Å². The van der Waals surface area contributed by atoms with Crippen LogP contribution in [0.5, 0.6) is 0 Å².